The van der Waals surface area contributed by atoms with Crippen molar-refractivity contribution in [1.82, 2.24) is 10.2 Å². The fourth-order valence-corrected chi connectivity index (χ4v) is 2.06. The molecule has 3 nitrogen and oxygen atoms in total. The first-order valence-corrected chi connectivity index (χ1v) is 6.87. The summed E-state index contributed by atoms with van der Waals surface area (Å²) >= 11 is 4.07. The van der Waals surface area contributed by atoms with Crippen LogP contribution >= 0.6 is 12.6 Å². The van der Waals surface area contributed by atoms with Gasteiger partial charge in [-0.05, 0) is 26.1 Å². The third kappa shape index (κ3) is 5.10. The molecule has 1 atom stereocenters. The minimum atomic E-state index is 0.104. The van der Waals surface area contributed by atoms with Crippen LogP contribution in [0.1, 0.15) is 24.4 Å². The number of carbonyl (C=O) groups is 1. The van der Waals surface area contributed by atoms with E-state index in [2.05, 4.69) is 35.0 Å². The lowest BCUT2D eigenvalue weighted by atomic mass is 10.0. The molecular weight excluding hydrogens is 244 g/mol. The molecule has 0 aromatic heterocycles. The molecule has 1 N–H and O–H groups in total. The maximum absolute atomic E-state index is 11.6. The van der Waals surface area contributed by atoms with Gasteiger partial charge >= 0.3 is 0 Å². The molecule has 0 spiro atoms. The number of nitrogens with zero attached hydrogens (tertiary/aromatic N) is 1. The number of nitrogens with one attached hydrogen (secondary N) is 1. The molecule has 0 saturated heterocycles. The van der Waals surface area contributed by atoms with Gasteiger partial charge < -0.3 is 10.2 Å². The summed E-state index contributed by atoms with van der Waals surface area (Å²) in [5.74, 6) is 0.786. The lowest BCUT2D eigenvalue weighted by Gasteiger charge is -2.24. The third-order valence-electron chi connectivity index (χ3n) is 2.89. The van der Waals surface area contributed by atoms with Crippen molar-refractivity contribution >= 4 is 18.5 Å². The molecule has 4 heteroatoms. The Balaban J connectivity index is 2.52. The summed E-state index contributed by atoms with van der Waals surface area (Å²) in [6, 6.07) is 10.6. The van der Waals surface area contributed by atoms with Crippen LogP contribution in [0.15, 0.2) is 30.3 Å². The Hall–Kier alpha value is -1.00. The normalized spacial score (nSPS) is 12.4. The molecule has 1 rings (SSSR count). The number of amides is 1. The van der Waals surface area contributed by atoms with Gasteiger partial charge in [-0.25, -0.2) is 0 Å². The summed E-state index contributed by atoms with van der Waals surface area (Å²) in [5, 5.41) is 2.84. The number of hydrogen-bond acceptors (Lipinski definition) is 3. The van der Waals surface area contributed by atoms with E-state index in [9.17, 15) is 4.79 Å². The SMILES string of the molecule is CN(C)C(CCC(=O)NCCS)c1ccccc1. The van der Waals surface area contributed by atoms with Crippen LogP contribution in [0.2, 0.25) is 0 Å². The van der Waals surface area contributed by atoms with Crippen molar-refractivity contribution in [3.8, 4) is 0 Å². The molecule has 18 heavy (non-hydrogen) atoms. The minimum absolute atomic E-state index is 0.104. The summed E-state index contributed by atoms with van der Waals surface area (Å²) in [4.78, 5) is 13.8. The Kier molecular flexibility index (Phi) is 6.83. The van der Waals surface area contributed by atoms with Crippen LogP contribution in [-0.4, -0.2) is 37.2 Å². The highest BCUT2D eigenvalue weighted by Gasteiger charge is 2.15. The van der Waals surface area contributed by atoms with E-state index in [0.29, 0.717) is 18.7 Å². The molecule has 1 aromatic carbocycles. The smallest absolute Gasteiger partial charge is 0.220 e. The molecule has 1 amide bonds. The Bertz CT molecular complexity index is 354. The number of benzene rings is 1. The second-order valence-corrected chi connectivity index (χ2v) is 4.95. The molecule has 1 aromatic rings. The number of hydrogen-bond donors (Lipinski definition) is 2. The molecule has 0 bridgehead atoms. The Morgan fingerprint density at radius 2 is 2.00 bits per heavy atom. The number of thiol groups is 1. The Morgan fingerprint density at radius 3 is 2.56 bits per heavy atom. The van der Waals surface area contributed by atoms with Crippen LogP contribution in [0, 0.1) is 0 Å². The molecular formula is C14H22N2OS. The molecule has 0 fully saturated rings. The van der Waals surface area contributed by atoms with Crippen molar-refractivity contribution in [3.05, 3.63) is 35.9 Å². The summed E-state index contributed by atoms with van der Waals surface area (Å²) < 4.78 is 0. The average Bonchev–Trinajstić information content (AvgIpc) is 2.37. The van der Waals surface area contributed by atoms with Crippen LogP contribution in [-0.2, 0) is 4.79 Å². The van der Waals surface area contributed by atoms with E-state index in [4.69, 9.17) is 0 Å². The van der Waals surface area contributed by atoms with Gasteiger partial charge in [0.25, 0.3) is 0 Å². The van der Waals surface area contributed by atoms with E-state index < -0.39 is 0 Å². The van der Waals surface area contributed by atoms with Gasteiger partial charge in [0.1, 0.15) is 0 Å². The Morgan fingerprint density at radius 1 is 1.33 bits per heavy atom. The predicted octanol–water partition coefficient (Wildman–Crippen LogP) is 2.12. The molecule has 1 unspecified atom stereocenters. The van der Waals surface area contributed by atoms with Crippen LogP contribution in [0.25, 0.3) is 0 Å². The van der Waals surface area contributed by atoms with Crippen LogP contribution in [0.3, 0.4) is 0 Å². The zero-order chi connectivity index (χ0) is 13.4. The van der Waals surface area contributed by atoms with Gasteiger partial charge in [0.15, 0.2) is 0 Å². The quantitative estimate of drug-likeness (QED) is 0.741. The van der Waals surface area contributed by atoms with E-state index in [1.165, 1.54) is 5.56 Å². The molecule has 0 aliphatic carbocycles. The predicted molar refractivity (Wildman–Crippen MR) is 79.0 cm³/mol. The van der Waals surface area contributed by atoms with Crippen molar-refractivity contribution in [2.24, 2.45) is 0 Å². The standard InChI is InChI=1S/C14H22N2OS/c1-16(2)13(12-6-4-3-5-7-12)8-9-14(17)15-10-11-18/h3-7,13,18H,8-11H2,1-2H3,(H,15,17). The van der Waals surface area contributed by atoms with E-state index in [-0.39, 0.29) is 11.9 Å². The van der Waals surface area contributed by atoms with E-state index in [1.807, 2.05) is 32.3 Å². The van der Waals surface area contributed by atoms with Crippen LogP contribution in [0.4, 0.5) is 0 Å². The topological polar surface area (TPSA) is 32.3 Å². The largest absolute Gasteiger partial charge is 0.355 e. The fraction of sp³-hybridized carbons (Fsp3) is 0.500. The second-order valence-electron chi connectivity index (χ2n) is 4.50. The van der Waals surface area contributed by atoms with Gasteiger partial charge in [-0.2, -0.15) is 12.6 Å². The molecule has 0 heterocycles. The van der Waals surface area contributed by atoms with Gasteiger partial charge in [-0.15, -0.1) is 0 Å². The highest BCUT2D eigenvalue weighted by Crippen LogP contribution is 2.22. The zero-order valence-corrected chi connectivity index (χ0v) is 12.0. The summed E-state index contributed by atoms with van der Waals surface area (Å²) in [5.41, 5.74) is 1.25. The van der Waals surface area contributed by atoms with Crippen molar-refractivity contribution in [2.75, 3.05) is 26.4 Å². The summed E-state index contributed by atoms with van der Waals surface area (Å²) in [7, 11) is 4.09. The van der Waals surface area contributed by atoms with Gasteiger partial charge in [0, 0.05) is 24.8 Å². The van der Waals surface area contributed by atoms with Gasteiger partial charge in [-0.1, -0.05) is 30.3 Å². The lowest BCUT2D eigenvalue weighted by Crippen LogP contribution is -2.27. The van der Waals surface area contributed by atoms with Crippen molar-refractivity contribution < 1.29 is 4.79 Å². The highest BCUT2D eigenvalue weighted by molar-refractivity contribution is 7.80. The highest BCUT2D eigenvalue weighted by atomic mass is 32.1. The molecule has 0 saturated carbocycles. The number of carbonyl (C=O) groups excluding carboxylic acids is 1. The van der Waals surface area contributed by atoms with Crippen molar-refractivity contribution in [3.63, 3.8) is 0 Å². The molecule has 0 aliphatic rings. The van der Waals surface area contributed by atoms with E-state index in [1.54, 1.807) is 0 Å². The van der Waals surface area contributed by atoms with E-state index in [0.717, 1.165) is 6.42 Å². The fourth-order valence-electron chi connectivity index (χ4n) is 1.95. The number of rotatable bonds is 7. The molecule has 0 radical (unpaired) electrons. The first-order valence-electron chi connectivity index (χ1n) is 6.24. The van der Waals surface area contributed by atoms with Crippen LogP contribution in [0.5, 0.6) is 0 Å². The first kappa shape index (κ1) is 15.1. The van der Waals surface area contributed by atoms with Crippen molar-refractivity contribution in [1.29, 1.82) is 0 Å². The average molecular weight is 266 g/mol. The minimum Gasteiger partial charge on any atom is -0.355 e. The molecule has 100 valence electrons. The Labute approximate surface area is 115 Å². The lowest BCUT2D eigenvalue weighted by molar-refractivity contribution is -0.121. The van der Waals surface area contributed by atoms with Crippen molar-refractivity contribution in [2.45, 2.75) is 18.9 Å². The van der Waals surface area contributed by atoms with Crippen LogP contribution < -0.4 is 5.32 Å². The first-order chi connectivity index (χ1) is 8.65. The van der Waals surface area contributed by atoms with Gasteiger partial charge in [0.2, 0.25) is 5.91 Å². The monoisotopic (exact) mass is 266 g/mol. The van der Waals surface area contributed by atoms with E-state index >= 15 is 0 Å². The maximum Gasteiger partial charge on any atom is 0.220 e. The van der Waals surface area contributed by atoms with Gasteiger partial charge in [-0.3, -0.25) is 4.79 Å². The molecule has 0 aliphatic heterocycles. The third-order valence-corrected chi connectivity index (χ3v) is 3.11. The second kappa shape index (κ2) is 8.16. The van der Waals surface area contributed by atoms with Gasteiger partial charge in [0.05, 0.1) is 0 Å². The maximum atomic E-state index is 11.6. The summed E-state index contributed by atoms with van der Waals surface area (Å²) in [6.07, 6.45) is 1.38. The summed E-state index contributed by atoms with van der Waals surface area (Å²) in [6.45, 7) is 0.639. The zero-order valence-electron chi connectivity index (χ0n) is 11.1.